The first-order chi connectivity index (χ1) is 16.3. The number of anilines is 1. The highest BCUT2D eigenvalue weighted by atomic mass is 35.5. The SMILES string of the molecule is COc1c(Cl)cc(/C(O)=C2\C(=O)C(=O)N(c3cccc(F)c3)C2c2ccccn2)c(OC)c1Cl. The Hall–Kier alpha value is -3.62. The fraction of sp³-hybridized carbons (Fsp3) is 0.125. The molecule has 1 aromatic heterocycles. The smallest absolute Gasteiger partial charge is 0.300 e. The first-order valence-corrected chi connectivity index (χ1v) is 10.6. The Labute approximate surface area is 204 Å². The molecule has 0 radical (unpaired) electrons. The average molecular weight is 503 g/mol. The van der Waals surface area contributed by atoms with Crippen LogP contribution in [0.5, 0.6) is 11.5 Å². The normalized spacial score (nSPS) is 17.2. The predicted octanol–water partition coefficient (Wildman–Crippen LogP) is 5.17. The lowest BCUT2D eigenvalue weighted by Gasteiger charge is -2.25. The number of pyridine rings is 1. The number of ether oxygens (including phenoxy) is 2. The zero-order valence-electron chi connectivity index (χ0n) is 17.9. The number of aliphatic hydroxyl groups excluding tert-OH is 1. The van der Waals surface area contributed by atoms with Crippen LogP contribution in [-0.2, 0) is 9.59 Å². The molecule has 1 unspecified atom stereocenters. The van der Waals surface area contributed by atoms with Crippen LogP contribution in [-0.4, -0.2) is 36.0 Å². The summed E-state index contributed by atoms with van der Waals surface area (Å²) >= 11 is 12.6. The summed E-state index contributed by atoms with van der Waals surface area (Å²) in [4.78, 5) is 31.7. The molecule has 1 saturated heterocycles. The van der Waals surface area contributed by atoms with Gasteiger partial charge in [-0.3, -0.25) is 19.5 Å². The van der Waals surface area contributed by atoms with Crippen LogP contribution in [0.15, 0.2) is 60.3 Å². The quantitative estimate of drug-likeness (QED) is 0.294. The molecular weight excluding hydrogens is 486 g/mol. The van der Waals surface area contributed by atoms with Crippen LogP contribution in [0.1, 0.15) is 17.3 Å². The highest BCUT2D eigenvalue weighted by molar-refractivity contribution is 6.51. The molecule has 0 saturated carbocycles. The van der Waals surface area contributed by atoms with Crippen molar-refractivity contribution in [2.75, 3.05) is 19.1 Å². The van der Waals surface area contributed by atoms with Crippen LogP contribution in [0.3, 0.4) is 0 Å². The number of methoxy groups -OCH3 is 2. The van der Waals surface area contributed by atoms with E-state index in [1.165, 1.54) is 44.7 Å². The minimum Gasteiger partial charge on any atom is -0.507 e. The van der Waals surface area contributed by atoms with Crippen molar-refractivity contribution in [3.8, 4) is 11.5 Å². The van der Waals surface area contributed by atoms with E-state index >= 15 is 0 Å². The topological polar surface area (TPSA) is 89.0 Å². The second-order valence-corrected chi connectivity index (χ2v) is 7.98. The lowest BCUT2D eigenvalue weighted by Crippen LogP contribution is -2.29. The van der Waals surface area contributed by atoms with E-state index in [1.807, 2.05) is 0 Å². The number of rotatable bonds is 5. The second kappa shape index (κ2) is 9.32. The summed E-state index contributed by atoms with van der Waals surface area (Å²) in [5.41, 5.74) is 0.0757. The molecule has 7 nitrogen and oxygen atoms in total. The highest BCUT2D eigenvalue weighted by Crippen LogP contribution is 2.47. The van der Waals surface area contributed by atoms with Crippen molar-refractivity contribution in [2.24, 2.45) is 0 Å². The third kappa shape index (κ3) is 3.85. The van der Waals surface area contributed by atoms with E-state index in [1.54, 1.807) is 18.2 Å². The molecule has 1 aliphatic rings. The van der Waals surface area contributed by atoms with E-state index in [-0.39, 0.29) is 44.1 Å². The molecule has 34 heavy (non-hydrogen) atoms. The summed E-state index contributed by atoms with van der Waals surface area (Å²) in [5, 5.41) is 11.3. The molecule has 1 aliphatic heterocycles. The van der Waals surface area contributed by atoms with E-state index in [2.05, 4.69) is 4.98 Å². The molecule has 0 spiro atoms. The van der Waals surface area contributed by atoms with Crippen LogP contribution in [0.2, 0.25) is 10.0 Å². The fourth-order valence-electron chi connectivity index (χ4n) is 3.83. The first-order valence-electron chi connectivity index (χ1n) is 9.88. The number of ketones is 1. The van der Waals surface area contributed by atoms with Crippen LogP contribution in [0, 0.1) is 5.82 Å². The summed E-state index contributed by atoms with van der Waals surface area (Å²) in [5.74, 6) is -3.06. The molecule has 3 aromatic rings. The van der Waals surface area contributed by atoms with E-state index in [4.69, 9.17) is 32.7 Å². The molecule has 1 atom stereocenters. The van der Waals surface area contributed by atoms with Crippen molar-refractivity contribution < 1.29 is 28.6 Å². The first kappa shape index (κ1) is 23.5. The minimum atomic E-state index is -1.16. The zero-order chi connectivity index (χ0) is 24.6. The highest BCUT2D eigenvalue weighted by Gasteiger charge is 2.48. The van der Waals surface area contributed by atoms with Crippen molar-refractivity contribution in [1.82, 2.24) is 4.98 Å². The van der Waals surface area contributed by atoms with Gasteiger partial charge in [-0.05, 0) is 36.4 Å². The summed E-state index contributed by atoms with van der Waals surface area (Å²) in [6, 6.07) is 10.3. The van der Waals surface area contributed by atoms with Gasteiger partial charge in [0.15, 0.2) is 11.5 Å². The van der Waals surface area contributed by atoms with Gasteiger partial charge in [0.25, 0.3) is 11.7 Å². The van der Waals surface area contributed by atoms with Crippen molar-refractivity contribution in [3.63, 3.8) is 0 Å². The molecule has 0 aliphatic carbocycles. The zero-order valence-corrected chi connectivity index (χ0v) is 19.4. The largest absolute Gasteiger partial charge is 0.507 e. The number of aromatic nitrogens is 1. The van der Waals surface area contributed by atoms with Gasteiger partial charge in [-0.25, -0.2) is 4.39 Å². The van der Waals surface area contributed by atoms with E-state index < -0.39 is 29.3 Å². The Bertz CT molecular complexity index is 1330. The Kier molecular flexibility index (Phi) is 6.45. The molecule has 10 heteroatoms. The fourth-order valence-corrected chi connectivity index (χ4v) is 4.52. The summed E-state index contributed by atoms with van der Waals surface area (Å²) in [6.45, 7) is 0. The van der Waals surface area contributed by atoms with Gasteiger partial charge >= 0.3 is 0 Å². The van der Waals surface area contributed by atoms with Gasteiger partial charge < -0.3 is 14.6 Å². The number of carbonyl (C=O) groups excluding carboxylic acids is 2. The maximum absolute atomic E-state index is 14.0. The number of aliphatic hydroxyl groups is 1. The van der Waals surface area contributed by atoms with Gasteiger partial charge in [0.05, 0.1) is 36.1 Å². The van der Waals surface area contributed by atoms with Crippen LogP contribution in [0.4, 0.5) is 10.1 Å². The van der Waals surface area contributed by atoms with Crippen LogP contribution >= 0.6 is 23.2 Å². The Morgan fingerprint density at radius 3 is 2.41 bits per heavy atom. The summed E-state index contributed by atoms with van der Waals surface area (Å²) < 4.78 is 24.5. The molecule has 2 heterocycles. The van der Waals surface area contributed by atoms with E-state index in [9.17, 15) is 19.1 Å². The minimum absolute atomic E-state index is 0.0165. The lowest BCUT2D eigenvalue weighted by molar-refractivity contribution is -0.132. The molecule has 1 fully saturated rings. The molecular formula is C24H17Cl2FN2O5. The van der Waals surface area contributed by atoms with Crippen molar-refractivity contribution >= 4 is 46.3 Å². The number of benzene rings is 2. The second-order valence-electron chi connectivity index (χ2n) is 7.19. The monoisotopic (exact) mass is 502 g/mol. The maximum Gasteiger partial charge on any atom is 0.300 e. The van der Waals surface area contributed by atoms with Crippen molar-refractivity contribution in [1.29, 1.82) is 0 Å². The van der Waals surface area contributed by atoms with Crippen LogP contribution in [0.25, 0.3) is 5.76 Å². The molecule has 2 aromatic carbocycles. The van der Waals surface area contributed by atoms with Gasteiger partial charge in [0.2, 0.25) is 0 Å². The standard InChI is InChI=1S/C24H17Cl2FN2O5/c1-33-22-14(11-15(25)23(34-2)18(22)26)20(30)17-19(16-8-3-4-9-28-16)29(24(32)21(17)31)13-7-5-6-12(27)10-13/h3-11,19,30H,1-2H3/b20-17+. The van der Waals surface area contributed by atoms with Gasteiger partial charge in [0, 0.05) is 11.9 Å². The maximum atomic E-state index is 14.0. The van der Waals surface area contributed by atoms with E-state index in [0.717, 1.165) is 11.0 Å². The number of nitrogens with zero attached hydrogens (tertiary/aromatic N) is 2. The number of hydrogen-bond donors (Lipinski definition) is 1. The number of halogens is 3. The molecule has 4 rings (SSSR count). The van der Waals surface area contributed by atoms with Crippen molar-refractivity contribution in [2.45, 2.75) is 6.04 Å². The number of hydrogen-bond acceptors (Lipinski definition) is 6. The molecule has 0 bridgehead atoms. The van der Waals surface area contributed by atoms with Crippen LogP contribution < -0.4 is 14.4 Å². The third-order valence-corrected chi connectivity index (χ3v) is 5.92. The number of Topliss-reactive ketones (excluding diaryl/α,β-unsaturated/α-hetero) is 1. The van der Waals surface area contributed by atoms with E-state index in [0.29, 0.717) is 0 Å². The van der Waals surface area contributed by atoms with Gasteiger partial charge in [-0.15, -0.1) is 0 Å². The third-order valence-electron chi connectivity index (χ3n) is 5.29. The lowest BCUT2D eigenvalue weighted by atomic mass is 9.97. The average Bonchev–Trinajstić information content (AvgIpc) is 3.09. The van der Waals surface area contributed by atoms with Gasteiger partial charge in [-0.2, -0.15) is 0 Å². The van der Waals surface area contributed by atoms with Gasteiger partial charge in [0.1, 0.15) is 22.6 Å². The predicted molar refractivity (Wildman–Crippen MR) is 125 cm³/mol. The molecule has 174 valence electrons. The number of carbonyl (C=O) groups is 2. The summed E-state index contributed by atoms with van der Waals surface area (Å²) in [6.07, 6.45) is 1.47. The number of amides is 1. The Balaban J connectivity index is 2.01. The molecule has 1 amide bonds. The molecule has 1 N–H and O–H groups in total. The summed E-state index contributed by atoms with van der Waals surface area (Å²) in [7, 11) is 2.67. The Morgan fingerprint density at radius 1 is 1.06 bits per heavy atom. The van der Waals surface area contributed by atoms with Crippen molar-refractivity contribution in [3.05, 3.63) is 87.4 Å². The Morgan fingerprint density at radius 2 is 1.79 bits per heavy atom. The van der Waals surface area contributed by atoms with Gasteiger partial charge in [-0.1, -0.05) is 35.3 Å².